The van der Waals surface area contributed by atoms with Crippen molar-refractivity contribution in [2.24, 2.45) is 4.99 Å². The summed E-state index contributed by atoms with van der Waals surface area (Å²) in [6.07, 6.45) is 1.04. The molecule has 0 fully saturated rings. The maximum Gasteiger partial charge on any atom is 0.253 e. The highest BCUT2D eigenvalue weighted by atomic mass is 127. The molecular formula is C22H29IN4O. The van der Waals surface area contributed by atoms with Gasteiger partial charge in [-0.15, -0.1) is 24.0 Å². The van der Waals surface area contributed by atoms with Crippen molar-refractivity contribution in [2.75, 3.05) is 27.2 Å². The van der Waals surface area contributed by atoms with E-state index in [2.05, 4.69) is 41.4 Å². The maximum atomic E-state index is 12.0. The second kappa shape index (κ2) is 10.5. The maximum absolute atomic E-state index is 12.0. The molecule has 2 aromatic carbocycles. The fraction of sp³-hybridized carbons (Fsp3) is 0.364. The van der Waals surface area contributed by atoms with E-state index in [1.165, 1.54) is 11.1 Å². The molecule has 150 valence electrons. The summed E-state index contributed by atoms with van der Waals surface area (Å²) in [5, 5.41) is 3.41. The van der Waals surface area contributed by atoms with Crippen LogP contribution in [0, 0.1) is 0 Å². The summed E-state index contributed by atoms with van der Waals surface area (Å²) in [5.41, 5.74) is 4.61. The molecule has 0 spiro atoms. The van der Waals surface area contributed by atoms with Crippen molar-refractivity contribution in [2.45, 2.75) is 26.4 Å². The molecule has 0 radical (unpaired) electrons. The van der Waals surface area contributed by atoms with Crippen LogP contribution in [0.5, 0.6) is 0 Å². The summed E-state index contributed by atoms with van der Waals surface area (Å²) in [4.78, 5) is 20.7. The third-order valence-electron chi connectivity index (χ3n) is 4.78. The molecule has 3 rings (SSSR count). The summed E-state index contributed by atoms with van der Waals surface area (Å²) in [6.45, 7) is 5.39. The Hall–Kier alpha value is -2.09. The van der Waals surface area contributed by atoms with Gasteiger partial charge in [0.05, 0.1) is 6.54 Å². The lowest BCUT2D eigenvalue weighted by Gasteiger charge is -2.31. The summed E-state index contributed by atoms with van der Waals surface area (Å²) in [7, 11) is 3.53. The Morgan fingerprint density at radius 3 is 2.43 bits per heavy atom. The van der Waals surface area contributed by atoms with Crippen LogP contribution in [0.2, 0.25) is 0 Å². The van der Waals surface area contributed by atoms with E-state index in [0.29, 0.717) is 12.1 Å². The van der Waals surface area contributed by atoms with E-state index in [1.807, 2.05) is 24.3 Å². The SMILES string of the molecule is CCNC(=NCc1ccc(C(=O)N(C)C)cc1)N1CCc2ccccc2C1.I. The zero-order chi connectivity index (χ0) is 19.2. The number of guanidine groups is 1. The van der Waals surface area contributed by atoms with Gasteiger partial charge in [0.2, 0.25) is 0 Å². The molecule has 28 heavy (non-hydrogen) atoms. The van der Waals surface area contributed by atoms with Crippen LogP contribution >= 0.6 is 24.0 Å². The molecule has 6 heteroatoms. The monoisotopic (exact) mass is 492 g/mol. The average Bonchev–Trinajstić information content (AvgIpc) is 2.70. The minimum absolute atomic E-state index is 0. The topological polar surface area (TPSA) is 47.9 Å². The number of nitrogens with zero attached hydrogens (tertiary/aromatic N) is 3. The van der Waals surface area contributed by atoms with Gasteiger partial charge in [-0.05, 0) is 42.2 Å². The van der Waals surface area contributed by atoms with E-state index in [1.54, 1.807) is 19.0 Å². The van der Waals surface area contributed by atoms with Crippen LogP contribution in [0.15, 0.2) is 53.5 Å². The molecule has 0 unspecified atom stereocenters. The van der Waals surface area contributed by atoms with E-state index >= 15 is 0 Å². The van der Waals surface area contributed by atoms with E-state index in [9.17, 15) is 4.79 Å². The molecule has 2 aromatic rings. The van der Waals surface area contributed by atoms with Gasteiger partial charge in [-0.25, -0.2) is 4.99 Å². The number of hydrogen-bond acceptors (Lipinski definition) is 2. The van der Waals surface area contributed by atoms with E-state index in [0.717, 1.165) is 37.6 Å². The number of carbonyl (C=O) groups is 1. The highest BCUT2D eigenvalue weighted by Crippen LogP contribution is 2.18. The Bertz CT molecular complexity index is 818. The van der Waals surface area contributed by atoms with Crippen molar-refractivity contribution in [1.29, 1.82) is 0 Å². The van der Waals surface area contributed by atoms with Crippen LogP contribution < -0.4 is 5.32 Å². The van der Waals surface area contributed by atoms with E-state index in [-0.39, 0.29) is 29.9 Å². The zero-order valence-electron chi connectivity index (χ0n) is 16.8. The Balaban J connectivity index is 0.00000280. The number of fused-ring (bicyclic) bond motifs is 1. The molecule has 0 atom stereocenters. The second-order valence-electron chi connectivity index (χ2n) is 7.01. The number of amides is 1. The van der Waals surface area contributed by atoms with Gasteiger partial charge in [-0.1, -0.05) is 36.4 Å². The lowest BCUT2D eigenvalue weighted by Crippen LogP contribution is -2.44. The molecule has 1 heterocycles. The Morgan fingerprint density at radius 2 is 1.79 bits per heavy atom. The van der Waals surface area contributed by atoms with Crippen molar-refractivity contribution >= 4 is 35.8 Å². The zero-order valence-corrected chi connectivity index (χ0v) is 19.1. The second-order valence-corrected chi connectivity index (χ2v) is 7.01. The number of aliphatic imine (C=N–C) groups is 1. The van der Waals surface area contributed by atoms with Crippen LogP contribution in [-0.4, -0.2) is 48.9 Å². The van der Waals surface area contributed by atoms with Gasteiger partial charge in [0.25, 0.3) is 5.91 Å². The van der Waals surface area contributed by atoms with Crippen molar-refractivity contribution < 1.29 is 4.79 Å². The molecule has 0 saturated carbocycles. The third-order valence-corrected chi connectivity index (χ3v) is 4.78. The first kappa shape index (κ1) is 22.2. The van der Waals surface area contributed by atoms with Gasteiger partial charge < -0.3 is 15.1 Å². The summed E-state index contributed by atoms with van der Waals surface area (Å²) in [5.74, 6) is 0.964. The molecular weight excluding hydrogens is 463 g/mol. The number of rotatable bonds is 4. The smallest absolute Gasteiger partial charge is 0.253 e. The van der Waals surface area contributed by atoms with Gasteiger partial charge in [-0.3, -0.25) is 4.79 Å². The van der Waals surface area contributed by atoms with Crippen LogP contribution in [0.3, 0.4) is 0 Å². The summed E-state index contributed by atoms with van der Waals surface area (Å²) in [6, 6.07) is 16.3. The highest BCUT2D eigenvalue weighted by Gasteiger charge is 2.18. The summed E-state index contributed by atoms with van der Waals surface area (Å²) < 4.78 is 0. The third kappa shape index (κ3) is 5.47. The fourth-order valence-corrected chi connectivity index (χ4v) is 3.28. The molecule has 1 amide bonds. The van der Waals surface area contributed by atoms with E-state index < -0.39 is 0 Å². The van der Waals surface area contributed by atoms with Crippen molar-refractivity contribution in [1.82, 2.24) is 15.1 Å². The number of benzene rings is 2. The first-order valence-corrected chi connectivity index (χ1v) is 9.49. The molecule has 1 aliphatic heterocycles. The van der Waals surface area contributed by atoms with Crippen molar-refractivity contribution in [3.05, 3.63) is 70.8 Å². The van der Waals surface area contributed by atoms with Crippen LogP contribution in [0.25, 0.3) is 0 Å². The Kier molecular flexibility index (Phi) is 8.29. The van der Waals surface area contributed by atoms with E-state index in [4.69, 9.17) is 4.99 Å². The standard InChI is InChI=1S/C22H28N4O.HI/c1-4-23-22(26-14-13-18-7-5-6-8-20(18)16-26)24-15-17-9-11-19(12-10-17)21(27)25(2)3;/h5-12H,4,13-16H2,1-3H3,(H,23,24);1H. The Morgan fingerprint density at radius 1 is 1.11 bits per heavy atom. The highest BCUT2D eigenvalue weighted by molar-refractivity contribution is 14.0. The molecule has 0 saturated heterocycles. The van der Waals surface area contributed by atoms with Gasteiger partial charge in [0, 0.05) is 39.3 Å². The summed E-state index contributed by atoms with van der Waals surface area (Å²) >= 11 is 0. The van der Waals surface area contributed by atoms with Crippen molar-refractivity contribution in [3.63, 3.8) is 0 Å². The van der Waals surface area contributed by atoms with Gasteiger partial charge in [0.1, 0.15) is 0 Å². The minimum Gasteiger partial charge on any atom is -0.356 e. The number of halogens is 1. The van der Waals surface area contributed by atoms with Crippen LogP contribution in [0.4, 0.5) is 0 Å². The number of carbonyl (C=O) groups excluding carboxylic acids is 1. The van der Waals surface area contributed by atoms with Gasteiger partial charge in [-0.2, -0.15) is 0 Å². The Labute approximate surface area is 184 Å². The van der Waals surface area contributed by atoms with Gasteiger partial charge >= 0.3 is 0 Å². The molecule has 0 aliphatic carbocycles. The normalized spacial score (nSPS) is 13.4. The molecule has 0 aromatic heterocycles. The number of nitrogens with one attached hydrogen (secondary N) is 1. The molecule has 0 bridgehead atoms. The minimum atomic E-state index is 0. The average molecular weight is 492 g/mol. The number of hydrogen-bond donors (Lipinski definition) is 1. The predicted octanol–water partition coefficient (Wildman–Crippen LogP) is 3.53. The largest absolute Gasteiger partial charge is 0.356 e. The van der Waals surface area contributed by atoms with Crippen molar-refractivity contribution in [3.8, 4) is 0 Å². The lowest BCUT2D eigenvalue weighted by molar-refractivity contribution is 0.0827. The van der Waals surface area contributed by atoms with Gasteiger partial charge in [0.15, 0.2) is 5.96 Å². The molecule has 1 aliphatic rings. The first-order chi connectivity index (χ1) is 13.1. The lowest BCUT2D eigenvalue weighted by atomic mass is 10.0. The fourth-order valence-electron chi connectivity index (χ4n) is 3.28. The quantitative estimate of drug-likeness (QED) is 0.404. The first-order valence-electron chi connectivity index (χ1n) is 9.49. The van der Waals surface area contributed by atoms with Crippen LogP contribution in [0.1, 0.15) is 34.0 Å². The molecule has 5 nitrogen and oxygen atoms in total. The molecule has 1 N–H and O–H groups in total. The predicted molar refractivity (Wildman–Crippen MR) is 125 cm³/mol. The van der Waals surface area contributed by atoms with Crippen LogP contribution in [-0.2, 0) is 19.5 Å².